The van der Waals surface area contributed by atoms with Crippen LogP contribution in [0.25, 0.3) is 17.2 Å². The monoisotopic (exact) mass is 264 g/mol. The van der Waals surface area contributed by atoms with Crippen LogP contribution in [0.3, 0.4) is 0 Å². The van der Waals surface area contributed by atoms with E-state index in [1.54, 1.807) is 6.33 Å². The predicted octanol–water partition coefficient (Wildman–Crippen LogP) is 3.06. The minimum atomic E-state index is 0.890. The lowest BCUT2D eigenvalue weighted by Gasteiger charge is -2.09. The van der Waals surface area contributed by atoms with Crippen LogP contribution in [0.4, 0.5) is 0 Å². The maximum atomic E-state index is 4.47. The van der Waals surface area contributed by atoms with E-state index in [0.717, 1.165) is 17.2 Å². The van der Waals surface area contributed by atoms with Gasteiger partial charge >= 0.3 is 0 Å². The number of aromatic nitrogens is 4. The molecule has 2 heterocycles. The highest BCUT2D eigenvalue weighted by atomic mass is 15.1. The molecule has 100 valence electrons. The number of H-pyrrole nitrogens is 1. The Labute approximate surface area is 117 Å². The van der Waals surface area contributed by atoms with E-state index in [2.05, 4.69) is 37.7 Å². The Balaban J connectivity index is 1.84. The molecular formula is C16H16N4. The van der Waals surface area contributed by atoms with E-state index < -0.39 is 0 Å². The number of nitrogens with one attached hydrogen (secondary N) is 1. The van der Waals surface area contributed by atoms with Crippen molar-refractivity contribution in [3.63, 3.8) is 0 Å². The smallest absolute Gasteiger partial charge is 0.165 e. The van der Waals surface area contributed by atoms with E-state index in [1.165, 1.54) is 36.1 Å². The van der Waals surface area contributed by atoms with E-state index >= 15 is 0 Å². The van der Waals surface area contributed by atoms with Gasteiger partial charge in [-0.3, -0.25) is 4.57 Å². The van der Waals surface area contributed by atoms with E-state index in [9.17, 15) is 0 Å². The summed E-state index contributed by atoms with van der Waals surface area (Å²) >= 11 is 0. The molecule has 1 N–H and O–H groups in total. The minimum Gasteiger partial charge on any atom is -0.348 e. The molecule has 0 saturated carbocycles. The van der Waals surface area contributed by atoms with Crippen LogP contribution in [-0.2, 0) is 12.8 Å². The van der Waals surface area contributed by atoms with E-state index in [0.29, 0.717) is 0 Å². The van der Waals surface area contributed by atoms with Crippen LogP contribution in [-0.4, -0.2) is 19.5 Å². The largest absolute Gasteiger partial charge is 0.348 e. The highest BCUT2D eigenvalue weighted by Crippen LogP contribution is 2.27. The number of aryl methyl sites for hydroxylation is 3. The van der Waals surface area contributed by atoms with Crippen molar-refractivity contribution in [3.05, 3.63) is 53.7 Å². The van der Waals surface area contributed by atoms with Crippen molar-refractivity contribution in [2.75, 3.05) is 0 Å². The predicted molar refractivity (Wildman–Crippen MR) is 77.9 cm³/mol. The number of hydrogen-bond donors (Lipinski definition) is 1. The fourth-order valence-electron chi connectivity index (χ4n) is 2.98. The molecule has 4 heteroatoms. The van der Waals surface area contributed by atoms with Gasteiger partial charge in [-0.15, -0.1) is 0 Å². The van der Waals surface area contributed by atoms with Gasteiger partial charge in [-0.1, -0.05) is 6.07 Å². The molecule has 0 aliphatic heterocycles. The second-order valence-corrected chi connectivity index (χ2v) is 5.30. The molecule has 0 fully saturated rings. The lowest BCUT2D eigenvalue weighted by atomic mass is 10.1. The molecule has 1 aliphatic carbocycles. The van der Waals surface area contributed by atoms with Gasteiger partial charge in [0.1, 0.15) is 5.69 Å². The summed E-state index contributed by atoms with van der Waals surface area (Å²) in [7, 11) is 0. The molecule has 20 heavy (non-hydrogen) atoms. The van der Waals surface area contributed by atoms with Crippen LogP contribution in [0.15, 0.2) is 36.9 Å². The zero-order valence-corrected chi connectivity index (χ0v) is 11.4. The summed E-state index contributed by atoms with van der Waals surface area (Å²) < 4.78 is 2.11. The molecule has 0 radical (unpaired) electrons. The first-order valence-electron chi connectivity index (χ1n) is 6.99. The summed E-state index contributed by atoms with van der Waals surface area (Å²) in [4.78, 5) is 12.0. The maximum Gasteiger partial charge on any atom is 0.165 e. The molecule has 0 bridgehead atoms. The number of fused-ring (bicyclic) bond motifs is 1. The zero-order chi connectivity index (χ0) is 13.5. The van der Waals surface area contributed by atoms with Gasteiger partial charge in [0.05, 0.1) is 6.33 Å². The third-order valence-corrected chi connectivity index (χ3v) is 4.04. The molecule has 0 atom stereocenters. The average molecular weight is 264 g/mol. The van der Waals surface area contributed by atoms with E-state index in [4.69, 9.17) is 0 Å². The fourth-order valence-corrected chi connectivity index (χ4v) is 2.98. The Morgan fingerprint density at radius 3 is 2.90 bits per heavy atom. The van der Waals surface area contributed by atoms with Gasteiger partial charge in [-0.2, -0.15) is 0 Å². The molecule has 4 rings (SSSR count). The van der Waals surface area contributed by atoms with Crippen molar-refractivity contribution in [2.24, 2.45) is 0 Å². The second-order valence-electron chi connectivity index (χ2n) is 5.30. The van der Waals surface area contributed by atoms with Crippen LogP contribution in [0, 0.1) is 6.92 Å². The lowest BCUT2D eigenvalue weighted by Crippen LogP contribution is -1.98. The summed E-state index contributed by atoms with van der Waals surface area (Å²) in [5, 5.41) is 0. The summed E-state index contributed by atoms with van der Waals surface area (Å²) in [6, 6.07) is 6.71. The summed E-state index contributed by atoms with van der Waals surface area (Å²) in [6.45, 7) is 2.02. The second kappa shape index (κ2) is 4.34. The van der Waals surface area contributed by atoms with Crippen molar-refractivity contribution in [1.29, 1.82) is 0 Å². The van der Waals surface area contributed by atoms with Gasteiger partial charge in [0.15, 0.2) is 5.82 Å². The number of rotatable bonds is 2. The van der Waals surface area contributed by atoms with E-state index in [-0.39, 0.29) is 0 Å². The summed E-state index contributed by atoms with van der Waals surface area (Å²) in [6.07, 6.45) is 9.22. The third kappa shape index (κ3) is 1.68. The number of hydrogen-bond acceptors (Lipinski definition) is 2. The molecule has 2 aromatic heterocycles. The first-order valence-corrected chi connectivity index (χ1v) is 6.99. The van der Waals surface area contributed by atoms with Crippen LogP contribution < -0.4 is 0 Å². The Kier molecular flexibility index (Phi) is 2.49. The van der Waals surface area contributed by atoms with E-state index in [1.807, 2.05) is 19.3 Å². The van der Waals surface area contributed by atoms with Gasteiger partial charge in [0.2, 0.25) is 0 Å². The number of benzene rings is 1. The Bertz CT molecular complexity index is 766. The Morgan fingerprint density at radius 1 is 1.15 bits per heavy atom. The molecule has 0 unspecified atom stereocenters. The number of nitrogens with zero attached hydrogens (tertiary/aromatic N) is 3. The van der Waals surface area contributed by atoms with Gasteiger partial charge < -0.3 is 4.98 Å². The summed E-state index contributed by atoms with van der Waals surface area (Å²) in [5.41, 5.74) is 6.09. The topological polar surface area (TPSA) is 46.5 Å². The average Bonchev–Trinajstić information content (AvgIpc) is 3.16. The van der Waals surface area contributed by atoms with Crippen molar-refractivity contribution in [1.82, 2.24) is 19.5 Å². The molecule has 0 amide bonds. The molecule has 1 aromatic carbocycles. The molecular weight excluding hydrogens is 248 g/mol. The first kappa shape index (κ1) is 11.5. The third-order valence-electron chi connectivity index (χ3n) is 4.04. The molecule has 0 spiro atoms. The SMILES string of the molecule is Cc1[nH]cnc1-c1nccn1-c1ccc2c(c1)CCC2. The quantitative estimate of drug-likeness (QED) is 0.773. The normalized spacial score (nSPS) is 13.7. The van der Waals surface area contributed by atoms with Gasteiger partial charge in [-0.25, -0.2) is 9.97 Å². The molecule has 1 aliphatic rings. The standard InChI is InChI=1S/C16H16N4/c1-11-15(19-10-18-11)16-17-7-8-20(16)14-6-5-12-3-2-4-13(12)9-14/h5-10H,2-4H2,1H3,(H,18,19). The van der Waals surface area contributed by atoms with Crippen molar-refractivity contribution >= 4 is 0 Å². The fraction of sp³-hybridized carbons (Fsp3) is 0.250. The Hall–Kier alpha value is -2.36. The lowest BCUT2D eigenvalue weighted by molar-refractivity contribution is 0.911. The molecule has 0 saturated heterocycles. The van der Waals surface area contributed by atoms with Crippen LogP contribution >= 0.6 is 0 Å². The van der Waals surface area contributed by atoms with Gasteiger partial charge in [-0.05, 0) is 49.4 Å². The van der Waals surface area contributed by atoms with Crippen LogP contribution in [0.2, 0.25) is 0 Å². The van der Waals surface area contributed by atoms with Crippen molar-refractivity contribution < 1.29 is 0 Å². The van der Waals surface area contributed by atoms with Crippen LogP contribution in [0.5, 0.6) is 0 Å². The maximum absolute atomic E-state index is 4.47. The first-order chi connectivity index (χ1) is 9.83. The minimum absolute atomic E-state index is 0.890. The molecule has 4 nitrogen and oxygen atoms in total. The highest BCUT2D eigenvalue weighted by Gasteiger charge is 2.15. The molecule has 3 aromatic rings. The van der Waals surface area contributed by atoms with Crippen molar-refractivity contribution in [2.45, 2.75) is 26.2 Å². The van der Waals surface area contributed by atoms with Crippen molar-refractivity contribution in [3.8, 4) is 17.2 Å². The van der Waals surface area contributed by atoms with Gasteiger partial charge in [0, 0.05) is 23.8 Å². The summed E-state index contributed by atoms with van der Waals surface area (Å²) in [5.74, 6) is 0.890. The Morgan fingerprint density at radius 2 is 2.05 bits per heavy atom. The van der Waals surface area contributed by atoms with Gasteiger partial charge in [0.25, 0.3) is 0 Å². The number of imidazole rings is 2. The zero-order valence-electron chi connectivity index (χ0n) is 11.4. The van der Waals surface area contributed by atoms with Crippen LogP contribution in [0.1, 0.15) is 23.2 Å². The number of aromatic amines is 1. The highest BCUT2D eigenvalue weighted by molar-refractivity contribution is 5.57.